The van der Waals surface area contributed by atoms with E-state index in [2.05, 4.69) is 26.0 Å². The topological polar surface area (TPSA) is 108 Å². The second kappa shape index (κ2) is 31.7. The van der Waals surface area contributed by atoms with Crippen molar-refractivity contribution in [2.24, 2.45) is 0 Å². The van der Waals surface area contributed by atoms with E-state index in [9.17, 15) is 19.0 Å². The van der Waals surface area contributed by atoms with Crippen LogP contribution in [0.2, 0.25) is 0 Å². The van der Waals surface area contributed by atoms with Crippen molar-refractivity contribution in [2.75, 3.05) is 47.5 Å². The molecule has 0 bridgehead atoms. The molecule has 0 aromatic rings. The van der Waals surface area contributed by atoms with Crippen molar-refractivity contribution in [2.45, 2.75) is 174 Å². The molecule has 0 aliphatic heterocycles. The fraction of sp³-hybridized carbons (Fsp3) is 0.895. The van der Waals surface area contributed by atoms with Crippen LogP contribution in [0.5, 0.6) is 0 Å². The van der Waals surface area contributed by atoms with Gasteiger partial charge in [-0.3, -0.25) is 18.6 Å². The Morgan fingerprint density at radius 3 is 1.54 bits per heavy atom. The number of ether oxygens (including phenoxy) is 2. The highest BCUT2D eigenvalue weighted by Crippen LogP contribution is 2.43. The third-order valence-corrected chi connectivity index (χ3v) is 9.28. The van der Waals surface area contributed by atoms with Gasteiger partial charge < -0.3 is 18.9 Å². The first-order chi connectivity index (χ1) is 23.0. The zero-order valence-corrected chi connectivity index (χ0v) is 32.6. The molecule has 0 fully saturated rings. The summed E-state index contributed by atoms with van der Waals surface area (Å²) in [5, 5.41) is 0. The second-order valence-corrected chi connectivity index (χ2v) is 15.8. The summed E-state index contributed by atoms with van der Waals surface area (Å²) in [6, 6.07) is 0. The summed E-state index contributed by atoms with van der Waals surface area (Å²) in [7, 11) is 1.48. The van der Waals surface area contributed by atoms with E-state index < -0.39 is 26.5 Å². The Morgan fingerprint density at radius 2 is 1.06 bits per heavy atom. The van der Waals surface area contributed by atoms with E-state index in [4.69, 9.17) is 18.5 Å². The quantitative estimate of drug-likeness (QED) is 0.0228. The molecule has 0 saturated carbocycles. The van der Waals surface area contributed by atoms with E-state index >= 15 is 0 Å². The van der Waals surface area contributed by atoms with Gasteiger partial charge in [-0.25, -0.2) is 4.57 Å². The third-order valence-electron chi connectivity index (χ3n) is 8.30. The molecular weight excluding hydrogens is 629 g/mol. The van der Waals surface area contributed by atoms with Crippen LogP contribution in [0.3, 0.4) is 0 Å². The summed E-state index contributed by atoms with van der Waals surface area (Å²) in [5.41, 5.74) is 0. The number of carbonyl (C=O) groups excluding carboxylic acids is 2. The largest absolute Gasteiger partial charge is 0.472 e. The number of quaternary nitrogens is 1. The minimum atomic E-state index is -4.36. The van der Waals surface area contributed by atoms with Crippen LogP contribution in [-0.4, -0.2) is 74.9 Å². The van der Waals surface area contributed by atoms with E-state index in [1.807, 2.05) is 21.1 Å². The van der Waals surface area contributed by atoms with Crippen molar-refractivity contribution in [1.82, 2.24) is 0 Å². The monoisotopic (exact) mass is 705 g/mol. The molecule has 48 heavy (non-hydrogen) atoms. The fourth-order valence-corrected chi connectivity index (χ4v) is 5.93. The lowest BCUT2D eigenvalue weighted by Gasteiger charge is -2.24. The average Bonchev–Trinajstić information content (AvgIpc) is 3.02. The Bertz CT molecular complexity index is 845. The maximum Gasteiger partial charge on any atom is 0.472 e. The number of hydrogen-bond donors (Lipinski definition) is 1. The molecule has 0 rings (SSSR count). The van der Waals surface area contributed by atoms with Gasteiger partial charge in [-0.1, -0.05) is 129 Å². The summed E-state index contributed by atoms with van der Waals surface area (Å²) in [5.74, 6) is -0.808. The van der Waals surface area contributed by atoms with Crippen LogP contribution in [-0.2, 0) is 32.7 Å². The Kier molecular flexibility index (Phi) is 30.9. The summed E-state index contributed by atoms with van der Waals surface area (Å²) >= 11 is 0. The fourth-order valence-electron chi connectivity index (χ4n) is 5.18. The van der Waals surface area contributed by atoms with Crippen LogP contribution in [0.1, 0.15) is 168 Å². The van der Waals surface area contributed by atoms with E-state index in [1.165, 1.54) is 83.5 Å². The Morgan fingerprint density at radius 1 is 0.625 bits per heavy atom. The minimum absolute atomic E-state index is 0.0330. The van der Waals surface area contributed by atoms with Gasteiger partial charge in [0.15, 0.2) is 6.10 Å². The number of likely N-dealkylation sites (N-methyl/N-ethyl adjacent to an activating group) is 1. The first-order valence-corrected chi connectivity index (χ1v) is 20.9. The molecule has 0 amide bonds. The minimum Gasteiger partial charge on any atom is -0.462 e. The van der Waals surface area contributed by atoms with Gasteiger partial charge in [-0.15, -0.1) is 0 Å². The smallest absolute Gasteiger partial charge is 0.462 e. The number of unbranched alkanes of at least 4 members (excludes halogenated alkanes) is 19. The Hall–Kier alpha value is -1.25. The molecule has 0 aromatic carbocycles. The molecule has 0 spiro atoms. The number of esters is 2. The highest BCUT2D eigenvalue weighted by Gasteiger charge is 2.27. The average molecular weight is 705 g/mol. The van der Waals surface area contributed by atoms with Crippen molar-refractivity contribution in [1.29, 1.82) is 0 Å². The number of phosphoric acid groups is 1. The van der Waals surface area contributed by atoms with Crippen molar-refractivity contribution < 1.29 is 42.1 Å². The van der Waals surface area contributed by atoms with Crippen molar-refractivity contribution in [3.63, 3.8) is 0 Å². The van der Waals surface area contributed by atoms with Crippen molar-refractivity contribution in [3.8, 4) is 0 Å². The first-order valence-electron chi connectivity index (χ1n) is 19.4. The van der Waals surface area contributed by atoms with Gasteiger partial charge in [0.2, 0.25) is 0 Å². The molecule has 0 saturated heterocycles. The number of carbonyl (C=O) groups is 2. The zero-order valence-electron chi connectivity index (χ0n) is 31.7. The summed E-state index contributed by atoms with van der Waals surface area (Å²) in [6.07, 6.45) is 29.7. The lowest BCUT2D eigenvalue weighted by molar-refractivity contribution is -0.870. The summed E-state index contributed by atoms with van der Waals surface area (Å²) in [4.78, 5) is 35.1. The molecule has 0 aliphatic carbocycles. The third kappa shape index (κ3) is 34.6. The number of phosphoric ester groups is 1. The predicted octanol–water partition coefficient (Wildman–Crippen LogP) is 10.2. The van der Waals surface area contributed by atoms with Crippen LogP contribution >= 0.6 is 7.82 Å². The van der Waals surface area contributed by atoms with E-state index in [0.717, 1.165) is 51.4 Å². The van der Waals surface area contributed by atoms with Gasteiger partial charge in [-0.05, 0) is 38.5 Å². The SMILES string of the molecule is CCCCCCCC/C=C\CCCCCCCC(=O)OC[C@H](COP(=O)(O)OCC[N+](C)(C)C)OC(=O)CCCCCCCCCCC. The summed E-state index contributed by atoms with van der Waals surface area (Å²) < 4.78 is 34.1. The molecular formula is C38H75NO8P+. The molecule has 0 aliphatic rings. The normalized spacial score (nSPS) is 13.9. The van der Waals surface area contributed by atoms with Crippen molar-refractivity contribution >= 4 is 19.8 Å². The lowest BCUT2D eigenvalue weighted by Crippen LogP contribution is -2.37. The standard InChI is InChI=1S/C38H74NO8P/c1-6-8-10-12-14-16-17-18-19-20-21-23-24-26-28-30-37(40)44-34-36(35-46-48(42,43)45-33-32-39(3,4)5)47-38(41)31-29-27-25-22-15-13-11-9-7-2/h18-19,36H,6-17,20-35H2,1-5H3/p+1/b19-18-/t36-/m1/s1. The Balaban J connectivity index is 4.39. The van der Waals surface area contributed by atoms with Crippen LogP contribution in [0.25, 0.3) is 0 Å². The predicted molar refractivity (Wildman–Crippen MR) is 197 cm³/mol. The summed E-state index contributed by atoms with van der Waals surface area (Å²) in [6.45, 7) is 4.38. The van der Waals surface area contributed by atoms with Crippen LogP contribution in [0.15, 0.2) is 12.2 Å². The van der Waals surface area contributed by atoms with Gasteiger partial charge in [0.25, 0.3) is 0 Å². The molecule has 0 radical (unpaired) electrons. The van der Waals surface area contributed by atoms with Crippen molar-refractivity contribution in [3.05, 3.63) is 12.2 Å². The molecule has 284 valence electrons. The number of rotatable bonds is 35. The van der Waals surface area contributed by atoms with Gasteiger partial charge in [0.05, 0.1) is 27.7 Å². The maximum atomic E-state index is 12.6. The number of nitrogens with zero attached hydrogens (tertiary/aromatic N) is 1. The number of allylic oxidation sites excluding steroid dienone is 2. The zero-order chi connectivity index (χ0) is 35.8. The molecule has 0 heterocycles. The second-order valence-electron chi connectivity index (χ2n) is 14.3. The molecule has 10 heteroatoms. The van der Waals surface area contributed by atoms with Gasteiger partial charge in [0, 0.05) is 12.8 Å². The molecule has 0 aromatic heterocycles. The lowest BCUT2D eigenvalue weighted by atomic mass is 10.1. The van der Waals surface area contributed by atoms with Gasteiger partial charge in [0.1, 0.15) is 19.8 Å². The molecule has 1 unspecified atom stereocenters. The van der Waals surface area contributed by atoms with E-state index in [-0.39, 0.29) is 32.0 Å². The maximum absolute atomic E-state index is 12.6. The molecule has 1 N–H and O–H groups in total. The number of hydrogen-bond acceptors (Lipinski definition) is 7. The first kappa shape index (κ1) is 46.8. The van der Waals surface area contributed by atoms with Gasteiger partial charge >= 0.3 is 19.8 Å². The highest BCUT2D eigenvalue weighted by atomic mass is 31.2. The van der Waals surface area contributed by atoms with Crippen LogP contribution in [0, 0.1) is 0 Å². The molecule has 9 nitrogen and oxygen atoms in total. The highest BCUT2D eigenvalue weighted by molar-refractivity contribution is 7.47. The van der Waals surface area contributed by atoms with E-state index in [1.54, 1.807) is 0 Å². The van der Waals surface area contributed by atoms with Gasteiger partial charge in [-0.2, -0.15) is 0 Å². The Labute approximate surface area is 295 Å². The van der Waals surface area contributed by atoms with E-state index in [0.29, 0.717) is 17.4 Å². The van der Waals surface area contributed by atoms with Crippen LogP contribution in [0.4, 0.5) is 0 Å². The molecule has 2 atom stereocenters. The van der Waals surface area contributed by atoms with Crippen LogP contribution < -0.4 is 0 Å².